The quantitative estimate of drug-likeness (QED) is 0.715. The van der Waals surface area contributed by atoms with Crippen LogP contribution in [0.4, 0.5) is 4.39 Å². The van der Waals surface area contributed by atoms with Gasteiger partial charge in [-0.15, -0.1) is 0 Å². The van der Waals surface area contributed by atoms with E-state index in [-0.39, 0.29) is 35.4 Å². The van der Waals surface area contributed by atoms with Crippen molar-refractivity contribution in [2.45, 2.75) is 44.8 Å². The van der Waals surface area contributed by atoms with Gasteiger partial charge in [0.05, 0.1) is 30.2 Å². The lowest BCUT2D eigenvalue weighted by Crippen LogP contribution is -2.58. The Morgan fingerprint density at radius 2 is 2.17 bits per heavy atom. The Hall–Kier alpha value is -3.23. The zero-order valence-corrected chi connectivity index (χ0v) is 16.3. The maximum Gasteiger partial charge on any atom is 0.247 e. The molecule has 2 aliphatic heterocycles. The Balaban J connectivity index is 1.75. The van der Waals surface area contributed by atoms with E-state index in [1.165, 1.54) is 12.1 Å². The maximum atomic E-state index is 14.2. The van der Waals surface area contributed by atoms with E-state index in [0.29, 0.717) is 12.1 Å². The standard InChI is InChI=1S/C21H22FN5O2/c1-11-15(21(29)27-17-5-6-25-18(10-24)20(11)17)8-19(28)26-12(2)14-4-3-13(9-23)7-16(14)22/h3-4,7,12,17-18,20,25H,5-6,8H2,1-2H3,(H,26,28)(H,27,29)/t12-,17?,18?,20?/m0/s1. The van der Waals surface area contributed by atoms with Gasteiger partial charge in [-0.25, -0.2) is 4.39 Å². The van der Waals surface area contributed by atoms with E-state index in [9.17, 15) is 19.2 Å². The van der Waals surface area contributed by atoms with Crippen LogP contribution in [0.1, 0.15) is 43.9 Å². The number of nitriles is 2. The summed E-state index contributed by atoms with van der Waals surface area (Å²) < 4.78 is 14.2. The van der Waals surface area contributed by atoms with Crippen molar-refractivity contribution in [3.05, 3.63) is 46.3 Å². The van der Waals surface area contributed by atoms with Gasteiger partial charge >= 0.3 is 0 Å². The number of piperidine rings is 1. The summed E-state index contributed by atoms with van der Waals surface area (Å²) in [4.78, 5) is 25.1. The predicted molar refractivity (Wildman–Crippen MR) is 102 cm³/mol. The van der Waals surface area contributed by atoms with Crippen LogP contribution in [0.5, 0.6) is 0 Å². The van der Waals surface area contributed by atoms with Gasteiger partial charge in [-0.2, -0.15) is 10.5 Å². The molecule has 2 amide bonds. The first-order valence-corrected chi connectivity index (χ1v) is 9.48. The van der Waals surface area contributed by atoms with E-state index in [1.807, 2.05) is 6.07 Å². The van der Waals surface area contributed by atoms with Gasteiger partial charge in [0.1, 0.15) is 11.9 Å². The van der Waals surface area contributed by atoms with Gasteiger partial charge < -0.3 is 16.0 Å². The molecule has 1 aromatic rings. The van der Waals surface area contributed by atoms with E-state index in [0.717, 1.165) is 18.1 Å². The molecule has 1 aromatic carbocycles. The van der Waals surface area contributed by atoms with Crippen LogP contribution in [-0.2, 0) is 9.59 Å². The number of halogens is 1. The molecule has 150 valence electrons. The molecule has 4 atom stereocenters. The Bertz CT molecular complexity index is 959. The Morgan fingerprint density at radius 1 is 1.41 bits per heavy atom. The molecule has 1 saturated heterocycles. The normalized spacial score (nSPS) is 24.6. The zero-order chi connectivity index (χ0) is 21.1. The summed E-state index contributed by atoms with van der Waals surface area (Å²) in [6, 6.07) is 7.01. The predicted octanol–water partition coefficient (Wildman–Crippen LogP) is 1.58. The molecule has 2 aliphatic rings. The fourth-order valence-electron chi connectivity index (χ4n) is 4.11. The SMILES string of the molecule is CC1=C(CC(=O)N[C@@H](C)c2ccc(C#N)cc2F)C(=O)NC2CCNC(C#N)C12. The van der Waals surface area contributed by atoms with Crippen molar-refractivity contribution in [2.24, 2.45) is 5.92 Å². The van der Waals surface area contributed by atoms with Crippen LogP contribution in [-0.4, -0.2) is 30.4 Å². The lowest BCUT2D eigenvalue weighted by atomic mass is 9.76. The third-order valence-corrected chi connectivity index (χ3v) is 5.63. The monoisotopic (exact) mass is 395 g/mol. The molecule has 2 heterocycles. The molecule has 0 saturated carbocycles. The molecule has 0 bridgehead atoms. The molecule has 0 spiro atoms. The molecule has 0 aliphatic carbocycles. The lowest BCUT2D eigenvalue weighted by Gasteiger charge is -2.41. The van der Waals surface area contributed by atoms with E-state index >= 15 is 0 Å². The average Bonchev–Trinajstić information content (AvgIpc) is 2.70. The number of rotatable bonds is 4. The van der Waals surface area contributed by atoms with Crippen molar-refractivity contribution < 1.29 is 14.0 Å². The topological polar surface area (TPSA) is 118 Å². The second-order valence-corrected chi connectivity index (χ2v) is 7.43. The largest absolute Gasteiger partial charge is 0.349 e. The van der Waals surface area contributed by atoms with Crippen LogP contribution in [0.2, 0.25) is 0 Å². The summed E-state index contributed by atoms with van der Waals surface area (Å²) >= 11 is 0. The van der Waals surface area contributed by atoms with Crippen LogP contribution in [0, 0.1) is 34.4 Å². The third-order valence-electron chi connectivity index (χ3n) is 5.63. The van der Waals surface area contributed by atoms with Gasteiger partial charge in [0.15, 0.2) is 0 Å². The summed E-state index contributed by atoms with van der Waals surface area (Å²) in [6.07, 6.45) is 0.571. The maximum absolute atomic E-state index is 14.2. The van der Waals surface area contributed by atoms with Gasteiger partial charge in [-0.05, 0) is 38.9 Å². The number of benzene rings is 1. The minimum absolute atomic E-state index is 0.119. The van der Waals surface area contributed by atoms with Crippen LogP contribution >= 0.6 is 0 Å². The van der Waals surface area contributed by atoms with E-state index < -0.39 is 23.8 Å². The second-order valence-electron chi connectivity index (χ2n) is 7.43. The number of fused-ring (bicyclic) bond motifs is 1. The lowest BCUT2D eigenvalue weighted by molar-refractivity contribution is -0.124. The van der Waals surface area contributed by atoms with Crippen LogP contribution < -0.4 is 16.0 Å². The number of nitrogens with one attached hydrogen (secondary N) is 3. The Labute approximate surface area is 168 Å². The highest BCUT2D eigenvalue weighted by Gasteiger charge is 2.41. The van der Waals surface area contributed by atoms with Gasteiger partial charge in [0.2, 0.25) is 11.8 Å². The second kappa shape index (κ2) is 8.42. The van der Waals surface area contributed by atoms with Crippen molar-refractivity contribution in [2.75, 3.05) is 6.54 Å². The average molecular weight is 395 g/mol. The van der Waals surface area contributed by atoms with Crippen LogP contribution in [0.3, 0.4) is 0 Å². The number of nitrogens with zero attached hydrogens (tertiary/aromatic N) is 2. The van der Waals surface area contributed by atoms with Crippen molar-refractivity contribution in [3.63, 3.8) is 0 Å². The fourth-order valence-corrected chi connectivity index (χ4v) is 4.11. The van der Waals surface area contributed by atoms with Crippen LogP contribution in [0.25, 0.3) is 0 Å². The molecule has 3 N–H and O–H groups in total. The van der Waals surface area contributed by atoms with E-state index in [2.05, 4.69) is 22.0 Å². The molecule has 1 fully saturated rings. The van der Waals surface area contributed by atoms with Crippen molar-refractivity contribution >= 4 is 11.8 Å². The minimum atomic E-state index is -0.626. The summed E-state index contributed by atoms with van der Waals surface area (Å²) in [5.41, 5.74) is 1.55. The van der Waals surface area contributed by atoms with Crippen molar-refractivity contribution in [1.29, 1.82) is 10.5 Å². The number of hydrogen-bond donors (Lipinski definition) is 3. The van der Waals surface area contributed by atoms with E-state index in [1.54, 1.807) is 13.8 Å². The molecular formula is C21H22FN5O2. The summed E-state index contributed by atoms with van der Waals surface area (Å²) in [5, 5.41) is 27.0. The summed E-state index contributed by atoms with van der Waals surface area (Å²) in [5.74, 6) is -1.46. The van der Waals surface area contributed by atoms with Gasteiger partial charge in [0, 0.05) is 23.1 Å². The number of carbonyl (C=O) groups excluding carboxylic acids is 2. The number of carbonyl (C=O) groups is 2. The first kappa shape index (κ1) is 20.5. The summed E-state index contributed by atoms with van der Waals surface area (Å²) in [6.45, 7) is 4.08. The molecular weight excluding hydrogens is 373 g/mol. The molecule has 0 radical (unpaired) electrons. The number of hydrogen-bond acceptors (Lipinski definition) is 5. The van der Waals surface area contributed by atoms with Crippen molar-refractivity contribution in [1.82, 2.24) is 16.0 Å². The highest BCUT2D eigenvalue weighted by atomic mass is 19.1. The van der Waals surface area contributed by atoms with Gasteiger partial charge in [0.25, 0.3) is 0 Å². The van der Waals surface area contributed by atoms with E-state index in [4.69, 9.17) is 5.26 Å². The fraction of sp³-hybridized carbons (Fsp3) is 0.429. The Kier molecular flexibility index (Phi) is 5.95. The highest BCUT2D eigenvalue weighted by molar-refractivity contribution is 6.00. The molecule has 3 unspecified atom stereocenters. The van der Waals surface area contributed by atoms with Crippen molar-refractivity contribution in [3.8, 4) is 12.1 Å². The first-order valence-electron chi connectivity index (χ1n) is 9.48. The van der Waals surface area contributed by atoms with Crippen LogP contribution in [0.15, 0.2) is 29.3 Å². The molecule has 29 heavy (non-hydrogen) atoms. The first-order chi connectivity index (χ1) is 13.8. The minimum Gasteiger partial charge on any atom is -0.349 e. The molecule has 8 heteroatoms. The van der Waals surface area contributed by atoms with Gasteiger partial charge in [-0.1, -0.05) is 11.6 Å². The highest BCUT2D eigenvalue weighted by Crippen LogP contribution is 2.32. The molecule has 3 rings (SSSR count). The zero-order valence-electron chi connectivity index (χ0n) is 16.3. The number of amides is 2. The summed E-state index contributed by atoms with van der Waals surface area (Å²) in [7, 11) is 0. The smallest absolute Gasteiger partial charge is 0.247 e. The van der Waals surface area contributed by atoms with Gasteiger partial charge in [-0.3, -0.25) is 9.59 Å². The molecule has 7 nitrogen and oxygen atoms in total. The molecule has 0 aromatic heterocycles. The Morgan fingerprint density at radius 3 is 2.83 bits per heavy atom. The third kappa shape index (κ3) is 4.13.